The summed E-state index contributed by atoms with van der Waals surface area (Å²) < 4.78 is 28.8. The summed E-state index contributed by atoms with van der Waals surface area (Å²) >= 11 is 0. The van der Waals surface area contributed by atoms with Crippen LogP contribution in [0.1, 0.15) is 71.1 Å². The fraction of sp³-hybridized carbons (Fsp3) is 0.667. The van der Waals surface area contributed by atoms with Crippen LogP contribution in [-0.4, -0.2) is 15.0 Å². The van der Waals surface area contributed by atoms with E-state index in [1.165, 1.54) is 51.4 Å². The predicted octanol–water partition coefficient (Wildman–Crippen LogP) is 2.48. The molecule has 0 amide bonds. The number of hydrogen-bond donors (Lipinski definition) is 1. The van der Waals surface area contributed by atoms with Crippen LogP contribution in [0, 0.1) is 0 Å². The van der Waals surface area contributed by atoms with E-state index in [1.54, 1.807) is 30.3 Å². The summed E-state index contributed by atoms with van der Waals surface area (Å²) in [7, 11) is -3.57. The molecule has 1 aromatic rings. The zero-order valence-electron chi connectivity index (χ0n) is 15.5. The Morgan fingerprint density at radius 1 is 0.792 bits per heavy atom. The quantitative estimate of drug-likeness (QED) is 0.330. The minimum Gasteiger partial charge on any atom is -0.344 e. The molecule has 0 fully saturated rings. The van der Waals surface area contributed by atoms with Gasteiger partial charge >= 0.3 is 29.6 Å². The molecule has 0 spiro atoms. The molecule has 0 saturated carbocycles. The van der Waals surface area contributed by atoms with Crippen LogP contribution in [0.15, 0.2) is 35.2 Å². The zero-order valence-corrected chi connectivity index (χ0v) is 18.3. The van der Waals surface area contributed by atoms with Gasteiger partial charge in [0.1, 0.15) is 0 Å². The van der Waals surface area contributed by atoms with Gasteiger partial charge in [-0.05, 0) is 18.6 Å². The van der Waals surface area contributed by atoms with Crippen LogP contribution in [-0.2, 0) is 14.3 Å². The number of unbranched alkanes of at least 4 members (excludes halogenated alkanes) is 9. The summed E-state index contributed by atoms with van der Waals surface area (Å²) in [5.41, 5.74) is 0. The molecule has 6 heteroatoms. The maximum atomic E-state index is 11.9. The van der Waals surface area contributed by atoms with Crippen molar-refractivity contribution in [1.82, 2.24) is 6.15 Å². The first-order valence-electron chi connectivity index (χ1n) is 8.61. The monoisotopic (exact) mass is 366 g/mol. The van der Waals surface area contributed by atoms with Crippen LogP contribution < -0.4 is 35.7 Å². The molecular weight excluding hydrogens is 333 g/mol. The van der Waals surface area contributed by atoms with Crippen molar-refractivity contribution < 1.29 is 42.2 Å². The van der Waals surface area contributed by atoms with Gasteiger partial charge in [0.15, 0.2) is 0 Å². The Labute approximate surface area is 170 Å². The van der Waals surface area contributed by atoms with E-state index in [2.05, 4.69) is 6.92 Å². The molecule has 0 bridgehead atoms. The zero-order chi connectivity index (χ0) is 16.1. The molecule has 0 unspecified atom stereocenters. The van der Waals surface area contributed by atoms with Crippen molar-refractivity contribution in [3.8, 4) is 0 Å². The molecule has 0 aliphatic rings. The predicted molar refractivity (Wildman–Crippen MR) is 96.4 cm³/mol. The summed E-state index contributed by atoms with van der Waals surface area (Å²) in [6.07, 6.45) is 12.3. The van der Waals surface area contributed by atoms with Gasteiger partial charge in [-0.15, -0.1) is 0 Å². The minimum atomic E-state index is -3.57. The van der Waals surface area contributed by atoms with E-state index in [9.17, 15) is 8.42 Å². The Kier molecular flexibility index (Phi) is 18.2. The van der Waals surface area contributed by atoms with Gasteiger partial charge in [0.2, 0.25) is 0 Å². The fourth-order valence-electron chi connectivity index (χ4n) is 2.41. The Morgan fingerprint density at radius 2 is 1.25 bits per heavy atom. The Bertz CT molecular complexity index is 480. The van der Waals surface area contributed by atoms with E-state index < -0.39 is 10.1 Å². The van der Waals surface area contributed by atoms with Gasteiger partial charge < -0.3 is 6.15 Å². The topological polar surface area (TPSA) is 78.4 Å². The Morgan fingerprint density at radius 3 is 1.75 bits per heavy atom. The summed E-state index contributed by atoms with van der Waals surface area (Å²) in [5.74, 6) is 0. The molecule has 134 valence electrons. The maximum absolute atomic E-state index is 11.9. The van der Waals surface area contributed by atoms with Crippen molar-refractivity contribution in [3.63, 3.8) is 0 Å². The summed E-state index contributed by atoms with van der Waals surface area (Å²) in [6.45, 7) is 2.52. The van der Waals surface area contributed by atoms with Crippen molar-refractivity contribution in [2.24, 2.45) is 0 Å². The van der Waals surface area contributed by atoms with Crippen molar-refractivity contribution in [2.45, 2.75) is 76.0 Å². The van der Waals surface area contributed by atoms with Crippen LogP contribution in [0.25, 0.3) is 0 Å². The van der Waals surface area contributed by atoms with Crippen molar-refractivity contribution in [2.75, 3.05) is 6.61 Å². The third-order valence-corrected chi connectivity index (χ3v) is 5.09. The second kappa shape index (κ2) is 16.6. The van der Waals surface area contributed by atoms with Crippen molar-refractivity contribution in [1.29, 1.82) is 0 Å². The van der Waals surface area contributed by atoms with Gasteiger partial charge in [-0.3, -0.25) is 4.18 Å². The molecule has 4 nitrogen and oxygen atoms in total. The minimum absolute atomic E-state index is 0. The fourth-order valence-corrected chi connectivity index (χ4v) is 3.38. The summed E-state index contributed by atoms with van der Waals surface area (Å²) in [5, 5.41) is 0. The van der Waals surface area contributed by atoms with E-state index in [1.807, 2.05) is 0 Å². The molecule has 0 saturated heterocycles. The maximum Gasteiger partial charge on any atom is 1.00 e. The third kappa shape index (κ3) is 12.5. The van der Waals surface area contributed by atoms with Crippen LogP contribution in [0.4, 0.5) is 0 Å². The van der Waals surface area contributed by atoms with Crippen LogP contribution in [0.5, 0.6) is 0 Å². The average Bonchev–Trinajstić information content (AvgIpc) is 2.53. The average molecular weight is 367 g/mol. The van der Waals surface area contributed by atoms with Gasteiger partial charge in [0, 0.05) is 0 Å². The van der Waals surface area contributed by atoms with Crippen molar-refractivity contribution >= 4 is 10.1 Å². The van der Waals surface area contributed by atoms with Crippen LogP contribution >= 0.6 is 0 Å². The summed E-state index contributed by atoms with van der Waals surface area (Å²) in [4.78, 5) is 0.238. The van der Waals surface area contributed by atoms with E-state index in [-0.39, 0.29) is 47.2 Å². The largest absolute Gasteiger partial charge is 1.00 e. The smallest absolute Gasteiger partial charge is 0.344 e. The normalized spacial score (nSPS) is 10.7. The summed E-state index contributed by atoms with van der Waals surface area (Å²) in [6, 6.07) is 8.33. The van der Waals surface area contributed by atoms with E-state index in [0.717, 1.165) is 12.8 Å². The molecule has 0 aromatic heterocycles. The molecule has 24 heavy (non-hydrogen) atoms. The first-order valence-corrected chi connectivity index (χ1v) is 10.0. The third-order valence-electron chi connectivity index (χ3n) is 3.77. The van der Waals surface area contributed by atoms with Crippen LogP contribution in [0.2, 0.25) is 0 Å². The molecule has 0 atom stereocenters. The van der Waals surface area contributed by atoms with E-state index in [4.69, 9.17) is 4.18 Å². The van der Waals surface area contributed by atoms with Gasteiger partial charge in [-0.1, -0.05) is 82.9 Å². The van der Waals surface area contributed by atoms with Gasteiger partial charge in [-0.2, -0.15) is 8.42 Å². The molecule has 3 N–H and O–H groups in total. The number of benzene rings is 1. The molecule has 0 aliphatic heterocycles. The first-order chi connectivity index (χ1) is 10.7. The standard InChI is InChI=1S/C18H30O3S.H3N.Na/c1-2-3-4-5-6-7-8-9-10-14-17-21-22(19,20)18-15-12-11-13-16-18;;/h11-13,15-16H,2-10,14,17H2,1H3;1H3;/q;;+1. The van der Waals surface area contributed by atoms with Gasteiger partial charge in [-0.25, -0.2) is 0 Å². The van der Waals surface area contributed by atoms with Gasteiger partial charge in [0.05, 0.1) is 11.5 Å². The van der Waals surface area contributed by atoms with E-state index in [0.29, 0.717) is 0 Å². The Balaban J connectivity index is 0. The number of hydrogen-bond acceptors (Lipinski definition) is 4. The molecule has 1 rings (SSSR count). The molecule has 1 aromatic carbocycles. The molecule has 0 radical (unpaired) electrons. The second-order valence-corrected chi connectivity index (χ2v) is 7.39. The molecule has 0 aliphatic carbocycles. The van der Waals surface area contributed by atoms with E-state index >= 15 is 0 Å². The number of rotatable bonds is 13. The first kappa shape index (κ1) is 26.3. The second-order valence-electron chi connectivity index (χ2n) is 5.77. The SMILES string of the molecule is CCCCCCCCCCCCOS(=O)(=O)c1ccccc1.N.[Na+]. The van der Waals surface area contributed by atoms with Crippen molar-refractivity contribution in [3.05, 3.63) is 30.3 Å². The Hall–Kier alpha value is 0.0900. The molecular formula is C18H33NNaO3S+. The molecule has 0 heterocycles. The van der Waals surface area contributed by atoms with Gasteiger partial charge in [0.25, 0.3) is 10.1 Å². The van der Waals surface area contributed by atoms with Crippen LogP contribution in [0.3, 0.4) is 0 Å².